The number of fused-ring (bicyclic) bond motifs is 1. The van der Waals surface area contributed by atoms with Crippen LogP contribution >= 0.6 is 0 Å². The maximum atomic E-state index is 3.83. The first-order valence-corrected chi connectivity index (χ1v) is 6.79. The van der Waals surface area contributed by atoms with Gasteiger partial charge in [-0.3, -0.25) is 0 Å². The van der Waals surface area contributed by atoms with Crippen LogP contribution in [0.2, 0.25) is 0 Å². The lowest BCUT2D eigenvalue weighted by Crippen LogP contribution is -2.40. The Kier molecular flexibility index (Phi) is 4.38. The molecule has 1 nitrogen and oxygen atoms in total. The topological polar surface area (TPSA) is 12.0 Å². The van der Waals surface area contributed by atoms with Gasteiger partial charge >= 0.3 is 0 Å². The lowest BCUT2D eigenvalue weighted by molar-refractivity contribution is 0.381. The zero-order valence-corrected chi connectivity index (χ0v) is 10.8. The van der Waals surface area contributed by atoms with Crippen LogP contribution in [-0.4, -0.2) is 12.6 Å². The molecule has 0 aromatic heterocycles. The summed E-state index contributed by atoms with van der Waals surface area (Å²) in [5.41, 5.74) is 3.10. The van der Waals surface area contributed by atoms with E-state index >= 15 is 0 Å². The Morgan fingerprint density at radius 3 is 3.00 bits per heavy atom. The molecule has 1 aliphatic rings. The van der Waals surface area contributed by atoms with Gasteiger partial charge in [0.15, 0.2) is 0 Å². The molecule has 0 aliphatic heterocycles. The van der Waals surface area contributed by atoms with Crippen molar-refractivity contribution < 1.29 is 0 Å². The monoisotopic (exact) mass is 229 g/mol. The Bertz CT molecular complexity index is 370. The quantitative estimate of drug-likeness (QED) is 0.704. The fraction of sp³-hybridized carbons (Fsp3) is 0.500. The molecule has 0 saturated carbocycles. The van der Waals surface area contributed by atoms with Gasteiger partial charge in [0.25, 0.3) is 0 Å². The van der Waals surface area contributed by atoms with E-state index in [0.717, 1.165) is 18.9 Å². The van der Waals surface area contributed by atoms with Crippen molar-refractivity contribution >= 4 is 0 Å². The normalized spacial score (nSPS) is 19.2. The molecule has 0 fully saturated rings. The van der Waals surface area contributed by atoms with Crippen LogP contribution in [0.3, 0.4) is 0 Å². The number of rotatable bonds is 7. The smallest absolute Gasteiger partial charge is 0.0142 e. The Morgan fingerprint density at radius 2 is 2.29 bits per heavy atom. The van der Waals surface area contributed by atoms with Crippen molar-refractivity contribution in [2.24, 2.45) is 0 Å². The number of hydrogen-bond donors (Lipinski definition) is 1. The van der Waals surface area contributed by atoms with E-state index in [9.17, 15) is 0 Å². The standard InChI is InChI=1S/C16H23N/c1-3-5-10-16(17-11-4-2)15-12-13-8-6-7-9-14(13)15/h3,6-9,15-17H,1,4-5,10-12H2,2H3. The van der Waals surface area contributed by atoms with Crippen molar-refractivity contribution in [1.82, 2.24) is 5.32 Å². The summed E-state index contributed by atoms with van der Waals surface area (Å²) < 4.78 is 0. The number of benzene rings is 1. The predicted octanol–water partition coefficient (Wildman–Crippen LogP) is 3.66. The summed E-state index contributed by atoms with van der Waals surface area (Å²) in [4.78, 5) is 0. The van der Waals surface area contributed by atoms with E-state index in [1.807, 2.05) is 6.08 Å². The maximum absolute atomic E-state index is 3.83. The Hall–Kier alpha value is -1.08. The van der Waals surface area contributed by atoms with Gasteiger partial charge in [0, 0.05) is 12.0 Å². The van der Waals surface area contributed by atoms with Gasteiger partial charge in [-0.25, -0.2) is 0 Å². The van der Waals surface area contributed by atoms with E-state index in [0.29, 0.717) is 6.04 Å². The van der Waals surface area contributed by atoms with Crippen LogP contribution in [0.5, 0.6) is 0 Å². The van der Waals surface area contributed by atoms with Crippen molar-refractivity contribution in [3.63, 3.8) is 0 Å². The molecular formula is C16H23N. The second-order valence-electron chi connectivity index (χ2n) is 4.94. The third-order valence-electron chi connectivity index (χ3n) is 3.72. The SMILES string of the molecule is C=CCCC(NCCC)C1Cc2ccccc21. The van der Waals surface area contributed by atoms with Crippen LogP contribution in [0.4, 0.5) is 0 Å². The van der Waals surface area contributed by atoms with E-state index in [4.69, 9.17) is 0 Å². The third kappa shape index (κ3) is 2.78. The molecule has 92 valence electrons. The summed E-state index contributed by atoms with van der Waals surface area (Å²) in [6.07, 6.45) is 6.81. The molecule has 0 radical (unpaired) electrons. The van der Waals surface area contributed by atoms with E-state index in [1.165, 1.54) is 19.3 Å². The zero-order chi connectivity index (χ0) is 12.1. The highest BCUT2D eigenvalue weighted by Gasteiger charge is 2.31. The minimum absolute atomic E-state index is 0.628. The van der Waals surface area contributed by atoms with Crippen LogP contribution < -0.4 is 5.32 Å². The molecule has 1 aliphatic carbocycles. The maximum Gasteiger partial charge on any atom is 0.0142 e. The van der Waals surface area contributed by atoms with Gasteiger partial charge in [-0.2, -0.15) is 0 Å². The summed E-state index contributed by atoms with van der Waals surface area (Å²) >= 11 is 0. The second-order valence-corrected chi connectivity index (χ2v) is 4.94. The first-order valence-electron chi connectivity index (χ1n) is 6.79. The summed E-state index contributed by atoms with van der Waals surface area (Å²) in [7, 11) is 0. The molecule has 1 aromatic carbocycles. The largest absolute Gasteiger partial charge is 0.313 e. The van der Waals surface area contributed by atoms with Gasteiger partial charge in [-0.15, -0.1) is 6.58 Å². The van der Waals surface area contributed by atoms with E-state index in [1.54, 1.807) is 11.1 Å². The summed E-state index contributed by atoms with van der Waals surface area (Å²) in [5.74, 6) is 0.720. The van der Waals surface area contributed by atoms with Gasteiger partial charge in [-0.1, -0.05) is 37.3 Å². The van der Waals surface area contributed by atoms with Crippen LogP contribution in [0.1, 0.15) is 43.2 Å². The van der Waals surface area contributed by atoms with Crippen molar-refractivity contribution in [1.29, 1.82) is 0 Å². The highest BCUT2D eigenvalue weighted by Crippen LogP contribution is 2.38. The van der Waals surface area contributed by atoms with Crippen LogP contribution in [0, 0.1) is 0 Å². The van der Waals surface area contributed by atoms with Gasteiger partial charge in [0.2, 0.25) is 0 Å². The number of hydrogen-bond acceptors (Lipinski definition) is 1. The molecule has 1 N–H and O–H groups in total. The lowest BCUT2D eigenvalue weighted by atomic mass is 9.72. The molecule has 0 saturated heterocycles. The number of nitrogens with one attached hydrogen (secondary N) is 1. The lowest BCUT2D eigenvalue weighted by Gasteiger charge is -2.37. The van der Waals surface area contributed by atoms with Crippen molar-refractivity contribution in [3.05, 3.63) is 48.0 Å². The Balaban J connectivity index is 2.00. The molecule has 0 bridgehead atoms. The van der Waals surface area contributed by atoms with Gasteiger partial charge in [0.1, 0.15) is 0 Å². The minimum atomic E-state index is 0.628. The van der Waals surface area contributed by atoms with Crippen LogP contribution in [0.15, 0.2) is 36.9 Å². The van der Waals surface area contributed by atoms with E-state index in [-0.39, 0.29) is 0 Å². The molecule has 1 heteroatoms. The molecule has 17 heavy (non-hydrogen) atoms. The first kappa shape index (κ1) is 12.4. The molecule has 1 aromatic rings. The van der Waals surface area contributed by atoms with Gasteiger partial charge in [0.05, 0.1) is 0 Å². The fourth-order valence-electron chi connectivity index (χ4n) is 2.73. The molecule has 2 unspecified atom stereocenters. The van der Waals surface area contributed by atoms with Crippen molar-refractivity contribution in [2.75, 3.05) is 6.54 Å². The Morgan fingerprint density at radius 1 is 1.47 bits per heavy atom. The van der Waals surface area contributed by atoms with Crippen molar-refractivity contribution in [3.8, 4) is 0 Å². The average molecular weight is 229 g/mol. The molecule has 2 rings (SSSR count). The van der Waals surface area contributed by atoms with Crippen LogP contribution in [0.25, 0.3) is 0 Å². The predicted molar refractivity (Wildman–Crippen MR) is 74.4 cm³/mol. The van der Waals surface area contributed by atoms with Gasteiger partial charge < -0.3 is 5.32 Å². The van der Waals surface area contributed by atoms with Crippen LogP contribution in [-0.2, 0) is 6.42 Å². The number of allylic oxidation sites excluding steroid dienone is 1. The highest BCUT2D eigenvalue weighted by atomic mass is 14.9. The summed E-state index contributed by atoms with van der Waals surface area (Å²) in [6, 6.07) is 9.49. The molecule has 2 atom stereocenters. The third-order valence-corrected chi connectivity index (χ3v) is 3.72. The second kappa shape index (κ2) is 6.02. The fourth-order valence-corrected chi connectivity index (χ4v) is 2.73. The average Bonchev–Trinajstić information content (AvgIpc) is 2.33. The zero-order valence-electron chi connectivity index (χ0n) is 10.8. The molecule has 0 spiro atoms. The van der Waals surface area contributed by atoms with Gasteiger partial charge in [-0.05, 0) is 43.4 Å². The molecular weight excluding hydrogens is 206 g/mol. The highest BCUT2D eigenvalue weighted by molar-refractivity contribution is 5.41. The molecule has 0 amide bonds. The Labute approximate surface area is 105 Å². The molecule has 0 heterocycles. The van der Waals surface area contributed by atoms with E-state index < -0.39 is 0 Å². The van der Waals surface area contributed by atoms with Crippen molar-refractivity contribution in [2.45, 2.75) is 44.6 Å². The summed E-state index contributed by atoms with van der Waals surface area (Å²) in [5, 5.41) is 3.70. The summed E-state index contributed by atoms with van der Waals surface area (Å²) in [6.45, 7) is 7.19. The van der Waals surface area contributed by atoms with E-state index in [2.05, 4.69) is 43.1 Å². The first-order chi connectivity index (χ1) is 8.36. The minimum Gasteiger partial charge on any atom is -0.313 e.